The largest absolute Gasteiger partial charge is 0.508 e. The molecule has 0 atom stereocenters. The molecule has 0 aliphatic rings. The van der Waals surface area contributed by atoms with Crippen molar-refractivity contribution < 1.29 is 5.11 Å². The van der Waals surface area contributed by atoms with Crippen molar-refractivity contribution in [1.29, 1.82) is 0 Å². The van der Waals surface area contributed by atoms with E-state index in [-0.39, 0.29) is 0 Å². The second-order valence-electron chi connectivity index (χ2n) is 5.87. The highest BCUT2D eigenvalue weighted by atomic mass is 16.3. The number of hydrogen-bond donors (Lipinski definition) is 1. The Morgan fingerprint density at radius 3 is 1.72 bits per heavy atom. The fourth-order valence-electron chi connectivity index (χ4n) is 1.86. The minimum Gasteiger partial charge on any atom is -0.508 e. The number of nitrogens with zero attached hydrogens (tertiary/aromatic N) is 1. The van der Waals surface area contributed by atoms with Gasteiger partial charge in [0.15, 0.2) is 0 Å². The molecule has 2 heteroatoms. The van der Waals surface area contributed by atoms with Crippen molar-refractivity contribution >= 4 is 5.69 Å². The first-order valence-electron chi connectivity index (χ1n) is 7.03. The van der Waals surface area contributed by atoms with Crippen LogP contribution in [-0.4, -0.2) is 18.2 Å². The van der Waals surface area contributed by atoms with Crippen LogP contribution in [0.3, 0.4) is 0 Å². The van der Waals surface area contributed by atoms with E-state index >= 15 is 0 Å². The lowest BCUT2D eigenvalue weighted by Gasteiger charge is -2.26. The fraction of sp³-hybridized carbons (Fsp3) is 0.625. The second-order valence-corrected chi connectivity index (χ2v) is 5.87. The molecule has 18 heavy (non-hydrogen) atoms. The fourth-order valence-corrected chi connectivity index (χ4v) is 1.86. The third-order valence-corrected chi connectivity index (χ3v) is 3.17. The Morgan fingerprint density at radius 2 is 1.33 bits per heavy atom. The molecule has 102 valence electrons. The van der Waals surface area contributed by atoms with Crippen molar-refractivity contribution in [3.05, 3.63) is 24.3 Å². The molecule has 0 saturated heterocycles. The molecule has 0 spiro atoms. The lowest BCUT2D eigenvalue weighted by atomic mass is 10.1. The third kappa shape index (κ3) is 5.44. The molecule has 0 bridgehead atoms. The zero-order chi connectivity index (χ0) is 13.5. The van der Waals surface area contributed by atoms with Gasteiger partial charge in [0.05, 0.1) is 0 Å². The molecule has 0 aliphatic heterocycles. The van der Waals surface area contributed by atoms with Gasteiger partial charge in [0.1, 0.15) is 5.75 Å². The zero-order valence-corrected chi connectivity index (χ0v) is 12.2. The van der Waals surface area contributed by atoms with Crippen molar-refractivity contribution in [3.8, 4) is 5.75 Å². The predicted molar refractivity (Wildman–Crippen MR) is 79.2 cm³/mol. The van der Waals surface area contributed by atoms with Gasteiger partial charge < -0.3 is 10.0 Å². The summed E-state index contributed by atoms with van der Waals surface area (Å²) in [5.74, 6) is 1.79. The molecular formula is C16H27NO. The molecule has 1 aromatic carbocycles. The number of phenolic OH excluding ortho intramolecular Hbond substituents is 1. The first-order chi connectivity index (χ1) is 8.49. The van der Waals surface area contributed by atoms with Crippen LogP contribution < -0.4 is 4.90 Å². The lowest BCUT2D eigenvalue weighted by Crippen LogP contribution is -2.27. The molecule has 0 aromatic heterocycles. The summed E-state index contributed by atoms with van der Waals surface area (Å²) in [6.07, 6.45) is 2.41. The Bertz CT molecular complexity index is 317. The Morgan fingerprint density at radius 1 is 0.889 bits per heavy atom. The SMILES string of the molecule is CC(C)CCN(CCC(C)C)c1ccc(O)cc1. The Kier molecular flexibility index (Phi) is 6.03. The van der Waals surface area contributed by atoms with Crippen LogP contribution >= 0.6 is 0 Å². The average molecular weight is 249 g/mol. The highest BCUT2D eigenvalue weighted by Gasteiger charge is 2.08. The molecule has 0 saturated carbocycles. The summed E-state index contributed by atoms with van der Waals surface area (Å²) in [5, 5.41) is 9.36. The second kappa shape index (κ2) is 7.30. The minimum atomic E-state index is 0.339. The summed E-state index contributed by atoms with van der Waals surface area (Å²) >= 11 is 0. The van der Waals surface area contributed by atoms with Crippen LogP contribution in [-0.2, 0) is 0 Å². The lowest BCUT2D eigenvalue weighted by molar-refractivity contribution is 0.475. The standard InChI is InChI=1S/C16H27NO/c1-13(2)9-11-17(12-10-14(3)4)15-5-7-16(18)8-6-15/h5-8,13-14,18H,9-12H2,1-4H3. The van der Waals surface area contributed by atoms with Gasteiger partial charge in [-0.15, -0.1) is 0 Å². The third-order valence-electron chi connectivity index (χ3n) is 3.17. The highest BCUT2D eigenvalue weighted by molar-refractivity contribution is 5.48. The molecule has 1 aromatic rings. The van der Waals surface area contributed by atoms with E-state index in [9.17, 15) is 5.11 Å². The highest BCUT2D eigenvalue weighted by Crippen LogP contribution is 2.20. The number of rotatable bonds is 7. The van der Waals surface area contributed by atoms with Crippen LogP contribution in [0.1, 0.15) is 40.5 Å². The Hall–Kier alpha value is -1.18. The van der Waals surface area contributed by atoms with Crippen LogP contribution in [0, 0.1) is 11.8 Å². The van der Waals surface area contributed by atoms with Gasteiger partial charge in [0.25, 0.3) is 0 Å². The van der Waals surface area contributed by atoms with Crippen molar-refractivity contribution in [1.82, 2.24) is 0 Å². The van der Waals surface area contributed by atoms with Crippen LogP contribution in [0.25, 0.3) is 0 Å². The Balaban J connectivity index is 2.66. The van der Waals surface area contributed by atoms with Crippen molar-refractivity contribution in [2.45, 2.75) is 40.5 Å². The van der Waals surface area contributed by atoms with Crippen LogP contribution in [0.2, 0.25) is 0 Å². The van der Waals surface area contributed by atoms with E-state index in [1.54, 1.807) is 12.1 Å². The van der Waals surface area contributed by atoms with E-state index in [2.05, 4.69) is 32.6 Å². The van der Waals surface area contributed by atoms with Gasteiger partial charge in [-0.25, -0.2) is 0 Å². The number of phenols is 1. The first kappa shape index (κ1) is 14.9. The quantitative estimate of drug-likeness (QED) is 0.779. The molecule has 0 unspecified atom stereocenters. The molecule has 1 rings (SSSR count). The molecule has 0 amide bonds. The Labute approximate surface area is 112 Å². The molecule has 2 nitrogen and oxygen atoms in total. The maximum atomic E-state index is 9.36. The van der Waals surface area contributed by atoms with Gasteiger partial charge in [-0.1, -0.05) is 27.7 Å². The smallest absolute Gasteiger partial charge is 0.115 e. The van der Waals surface area contributed by atoms with Crippen LogP contribution in [0.4, 0.5) is 5.69 Å². The average Bonchev–Trinajstić information content (AvgIpc) is 2.30. The summed E-state index contributed by atoms with van der Waals surface area (Å²) < 4.78 is 0. The molecule has 0 aliphatic carbocycles. The summed E-state index contributed by atoms with van der Waals surface area (Å²) in [4.78, 5) is 2.43. The van der Waals surface area contributed by atoms with Crippen molar-refractivity contribution in [2.75, 3.05) is 18.0 Å². The van der Waals surface area contributed by atoms with Gasteiger partial charge >= 0.3 is 0 Å². The molecule has 0 radical (unpaired) electrons. The molecular weight excluding hydrogens is 222 g/mol. The monoisotopic (exact) mass is 249 g/mol. The zero-order valence-electron chi connectivity index (χ0n) is 12.2. The van der Waals surface area contributed by atoms with Crippen molar-refractivity contribution in [2.24, 2.45) is 11.8 Å². The topological polar surface area (TPSA) is 23.5 Å². The van der Waals surface area contributed by atoms with Gasteiger partial charge in [-0.05, 0) is 48.9 Å². The van der Waals surface area contributed by atoms with Gasteiger partial charge in [0.2, 0.25) is 0 Å². The summed E-state index contributed by atoms with van der Waals surface area (Å²) in [6.45, 7) is 11.2. The van der Waals surface area contributed by atoms with Crippen LogP contribution in [0.15, 0.2) is 24.3 Å². The van der Waals surface area contributed by atoms with Crippen LogP contribution in [0.5, 0.6) is 5.75 Å². The first-order valence-corrected chi connectivity index (χ1v) is 7.03. The maximum Gasteiger partial charge on any atom is 0.115 e. The summed E-state index contributed by atoms with van der Waals surface area (Å²) in [5.41, 5.74) is 1.22. The molecule has 1 N–H and O–H groups in total. The van der Waals surface area contributed by atoms with Gasteiger partial charge in [-0.3, -0.25) is 0 Å². The van der Waals surface area contributed by atoms with E-state index < -0.39 is 0 Å². The predicted octanol–water partition coefficient (Wildman–Crippen LogP) is 4.29. The van der Waals surface area contributed by atoms with E-state index in [1.807, 2.05) is 12.1 Å². The van der Waals surface area contributed by atoms with E-state index in [1.165, 1.54) is 18.5 Å². The minimum absolute atomic E-state index is 0.339. The normalized spacial score (nSPS) is 11.2. The number of benzene rings is 1. The van der Waals surface area contributed by atoms with Gasteiger partial charge in [-0.2, -0.15) is 0 Å². The summed E-state index contributed by atoms with van der Waals surface area (Å²) in [6, 6.07) is 7.56. The van der Waals surface area contributed by atoms with E-state index in [0.29, 0.717) is 5.75 Å². The van der Waals surface area contributed by atoms with Gasteiger partial charge in [0, 0.05) is 18.8 Å². The number of anilines is 1. The molecule has 0 heterocycles. The maximum absolute atomic E-state index is 9.36. The van der Waals surface area contributed by atoms with Crippen molar-refractivity contribution in [3.63, 3.8) is 0 Å². The number of hydrogen-bond acceptors (Lipinski definition) is 2. The summed E-state index contributed by atoms with van der Waals surface area (Å²) in [7, 11) is 0. The van der Waals surface area contributed by atoms with E-state index in [0.717, 1.165) is 24.9 Å². The number of aromatic hydroxyl groups is 1. The van der Waals surface area contributed by atoms with E-state index in [4.69, 9.17) is 0 Å². The molecule has 0 fully saturated rings.